The number of nitrogens with one attached hydrogen (secondary N) is 1. The average molecular weight is 333 g/mol. The molecule has 3 aromatic rings. The number of benzene rings is 2. The highest BCUT2D eigenvalue weighted by Gasteiger charge is 2.21. The van der Waals surface area contributed by atoms with E-state index in [2.05, 4.69) is 74.3 Å². The van der Waals surface area contributed by atoms with Crippen molar-refractivity contribution >= 4 is 0 Å². The molecule has 0 radical (unpaired) electrons. The molecule has 0 fully saturated rings. The van der Waals surface area contributed by atoms with Gasteiger partial charge in [-0.3, -0.25) is 5.10 Å². The number of aromatic amines is 1. The lowest BCUT2D eigenvalue weighted by atomic mass is 9.82. The van der Waals surface area contributed by atoms with Crippen molar-refractivity contribution in [3.63, 3.8) is 0 Å². The Kier molecular flexibility index (Phi) is 4.78. The first-order chi connectivity index (χ1) is 11.9. The molecule has 0 saturated heterocycles. The molecule has 1 aromatic heterocycles. The Labute approximate surface area is 150 Å². The van der Waals surface area contributed by atoms with Crippen LogP contribution in [0.1, 0.15) is 49.1 Å². The molecule has 0 amide bonds. The molecule has 3 rings (SSSR count). The molecule has 0 aliphatic heterocycles. The number of nitrogens with zero attached hydrogens (tertiary/aromatic N) is 1. The van der Waals surface area contributed by atoms with Gasteiger partial charge >= 0.3 is 0 Å². The van der Waals surface area contributed by atoms with Crippen LogP contribution in [0, 0.1) is 6.92 Å². The highest BCUT2D eigenvalue weighted by Crippen LogP contribution is 2.32. The van der Waals surface area contributed by atoms with Crippen molar-refractivity contribution in [1.29, 1.82) is 0 Å². The van der Waals surface area contributed by atoms with Gasteiger partial charge in [-0.15, -0.1) is 0 Å². The first-order valence-corrected chi connectivity index (χ1v) is 8.82. The maximum Gasteiger partial charge on any atom is 0.0923 e. The lowest BCUT2D eigenvalue weighted by Gasteiger charge is -2.23. The number of H-pyrrole nitrogens is 1. The van der Waals surface area contributed by atoms with Gasteiger partial charge in [0.25, 0.3) is 0 Å². The van der Waals surface area contributed by atoms with Crippen molar-refractivity contribution in [2.45, 2.75) is 39.0 Å². The van der Waals surface area contributed by atoms with Crippen molar-refractivity contribution in [2.75, 3.05) is 6.54 Å². The second kappa shape index (κ2) is 6.85. The highest BCUT2D eigenvalue weighted by atomic mass is 15.1. The van der Waals surface area contributed by atoms with Crippen molar-refractivity contribution in [2.24, 2.45) is 5.73 Å². The van der Waals surface area contributed by atoms with Gasteiger partial charge in [0, 0.05) is 23.7 Å². The number of hydrogen-bond donors (Lipinski definition) is 2. The summed E-state index contributed by atoms with van der Waals surface area (Å²) in [7, 11) is 0. The van der Waals surface area contributed by atoms with Crippen LogP contribution in [-0.2, 0) is 5.41 Å². The molecule has 3 heteroatoms. The first kappa shape index (κ1) is 17.4. The van der Waals surface area contributed by atoms with E-state index in [1.54, 1.807) is 0 Å². The standard InChI is InChI=1S/C22H27N3/c1-15-10-11-17(22(2,3)4)12-18(15)19(14-23)21-13-20(24-25-21)16-8-6-5-7-9-16/h5-13,19H,14,23H2,1-4H3,(H,24,25). The van der Waals surface area contributed by atoms with Crippen LogP contribution in [0.25, 0.3) is 11.3 Å². The second-order valence-electron chi connectivity index (χ2n) is 7.68. The summed E-state index contributed by atoms with van der Waals surface area (Å²) in [6.07, 6.45) is 0. The maximum atomic E-state index is 6.17. The monoisotopic (exact) mass is 333 g/mol. The summed E-state index contributed by atoms with van der Waals surface area (Å²) < 4.78 is 0. The Morgan fingerprint density at radius 2 is 1.76 bits per heavy atom. The van der Waals surface area contributed by atoms with Crippen molar-refractivity contribution < 1.29 is 0 Å². The lowest BCUT2D eigenvalue weighted by molar-refractivity contribution is 0.588. The molecule has 0 aliphatic rings. The molecule has 1 heterocycles. The van der Waals surface area contributed by atoms with E-state index in [1.165, 1.54) is 16.7 Å². The van der Waals surface area contributed by atoms with Gasteiger partial charge in [-0.05, 0) is 35.1 Å². The van der Waals surface area contributed by atoms with E-state index in [0.29, 0.717) is 6.54 Å². The number of hydrogen-bond acceptors (Lipinski definition) is 2. The van der Waals surface area contributed by atoms with E-state index in [1.807, 2.05) is 18.2 Å². The Balaban J connectivity index is 2.00. The van der Waals surface area contributed by atoms with Crippen LogP contribution in [0.15, 0.2) is 54.6 Å². The van der Waals surface area contributed by atoms with Crippen LogP contribution < -0.4 is 5.73 Å². The average Bonchev–Trinajstić information content (AvgIpc) is 3.07. The molecule has 1 atom stereocenters. The maximum absolute atomic E-state index is 6.17. The summed E-state index contributed by atoms with van der Waals surface area (Å²) in [5.41, 5.74) is 13.3. The van der Waals surface area contributed by atoms with Crippen LogP contribution in [0.2, 0.25) is 0 Å². The molecule has 3 N–H and O–H groups in total. The summed E-state index contributed by atoms with van der Waals surface area (Å²) in [6, 6.07) is 19.1. The smallest absolute Gasteiger partial charge is 0.0923 e. The quantitative estimate of drug-likeness (QED) is 0.722. The minimum Gasteiger partial charge on any atom is -0.329 e. The zero-order chi connectivity index (χ0) is 18.0. The van der Waals surface area contributed by atoms with Gasteiger partial charge in [0.15, 0.2) is 0 Å². The SMILES string of the molecule is Cc1ccc(C(C)(C)C)cc1C(CN)c1cc(-c2ccccc2)n[nH]1. The van der Waals surface area contributed by atoms with Crippen LogP contribution in [0.4, 0.5) is 0 Å². The molecule has 0 saturated carbocycles. The van der Waals surface area contributed by atoms with Crippen LogP contribution in [0.5, 0.6) is 0 Å². The van der Waals surface area contributed by atoms with E-state index >= 15 is 0 Å². The van der Waals surface area contributed by atoms with Gasteiger partial charge in [-0.25, -0.2) is 0 Å². The van der Waals surface area contributed by atoms with Crippen LogP contribution in [-0.4, -0.2) is 16.7 Å². The molecule has 0 aliphatic carbocycles. The third kappa shape index (κ3) is 3.67. The van der Waals surface area contributed by atoms with Gasteiger partial charge in [0.2, 0.25) is 0 Å². The van der Waals surface area contributed by atoms with Gasteiger partial charge in [0.1, 0.15) is 0 Å². The number of nitrogens with two attached hydrogens (primary N) is 1. The largest absolute Gasteiger partial charge is 0.329 e. The number of aromatic nitrogens is 2. The molecule has 2 aromatic carbocycles. The van der Waals surface area contributed by atoms with Crippen LogP contribution in [0.3, 0.4) is 0 Å². The minimum atomic E-state index is 0.116. The first-order valence-electron chi connectivity index (χ1n) is 8.82. The van der Waals surface area contributed by atoms with Crippen molar-refractivity contribution in [1.82, 2.24) is 10.2 Å². The number of rotatable bonds is 4. The van der Waals surface area contributed by atoms with Gasteiger partial charge in [0.05, 0.1) is 5.69 Å². The van der Waals surface area contributed by atoms with Crippen LogP contribution >= 0.6 is 0 Å². The molecule has 0 bridgehead atoms. The normalized spacial score (nSPS) is 13.0. The summed E-state index contributed by atoms with van der Waals surface area (Å²) in [5.74, 6) is 0.118. The fourth-order valence-electron chi connectivity index (χ4n) is 3.18. The Hall–Kier alpha value is -2.39. The minimum absolute atomic E-state index is 0.116. The van der Waals surface area contributed by atoms with E-state index in [0.717, 1.165) is 17.0 Å². The van der Waals surface area contributed by atoms with Gasteiger partial charge < -0.3 is 5.73 Å². The Morgan fingerprint density at radius 3 is 2.40 bits per heavy atom. The van der Waals surface area contributed by atoms with Gasteiger partial charge in [-0.2, -0.15) is 5.10 Å². The molecule has 130 valence electrons. The molecule has 0 spiro atoms. The third-order valence-electron chi connectivity index (χ3n) is 4.80. The summed E-state index contributed by atoms with van der Waals surface area (Å²) in [4.78, 5) is 0. The van der Waals surface area contributed by atoms with E-state index < -0.39 is 0 Å². The summed E-state index contributed by atoms with van der Waals surface area (Å²) in [5, 5.41) is 7.71. The molecule has 3 nitrogen and oxygen atoms in total. The fraction of sp³-hybridized carbons (Fsp3) is 0.318. The van der Waals surface area contributed by atoms with Crippen molar-refractivity contribution in [3.8, 4) is 11.3 Å². The zero-order valence-electron chi connectivity index (χ0n) is 15.5. The lowest BCUT2D eigenvalue weighted by Crippen LogP contribution is -2.18. The molecule has 1 unspecified atom stereocenters. The van der Waals surface area contributed by atoms with Gasteiger partial charge in [-0.1, -0.05) is 69.3 Å². The zero-order valence-corrected chi connectivity index (χ0v) is 15.5. The summed E-state index contributed by atoms with van der Waals surface area (Å²) >= 11 is 0. The Morgan fingerprint density at radius 1 is 1.04 bits per heavy atom. The predicted octanol–water partition coefficient (Wildman–Crippen LogP) is 4.77. The summed E-state index contributed by atoms with van der Waals surface area (Å²) in [6.45, 7) is 9.41. The van der Waals surface area contributed by atoms with E-state index in [9.17, 15) is 0 Å². The third-order valence-corrected chi connectivity index (χ3v) is 4.80. The number of aryl methyl sites for hydroxylation is 1. The fourth-order valence-corrected chi connectivity index (χ4v) is 3.18. The highest BCUT2D eigenvalue weighted by molar-refractivity contribution is 5.59. The van der Waals surface area contributed by atoms with E-state index in [4.69, 9.17) is 5.73 Å². The topological polar surface area (TPSA) is 54.7 Å². The Bertz CT molecular complexity index is 841. The molecular weight excluding hydrogens is 306 g/mol. The van der Waals surface area contributed by atoms with Crippen molar-refractivity contribution in [3.05, 3.63) is 77.0 Å². The second-order valence-corrected chi connectivity index (χ2v) is 7.68. The predicted molar refractivity (Wildman–Crippen MR) is 105 cm³/mol. The van der Waals surface area contributed by atoms with E-state index in [-0.39, 0.29) is 11.3 Å². The molecule has 25 heavy (non-hydrogen) atoms. The molecular formula is C22H27N3.